The van der Waals surface area contributed by atoms with Crippen molar-refractivity contribution >= 4 is 17.0 Å². The summed E-state index contributed by atoms with van der Waals surface area (Å²) >= 11 is 0. The molecule has 3 N–H and O–H groups in total. The fraction of sp³-hybridized carbons (Fsp3) is 0.429. The summed E-state index contributed by atoms with van der Waals surface area (Å²) < 4.78 is 4.83. The molecule has 0 saturated heterocycles. The molecule has 1 heterocycles. The maximum Gasteiger partial charge on any atom is 0.337 e. The quantitative estimate of drug-likeness (QED) is 0.315. The van der Waals surface area contributed by atoms with Crippen LogP contribution in [0.5, 0.6) is 5.75 Å². The van der Waals surface area contributed by atoms with Gasteiger partial charge in [-0.05, 0) is 61.3 Å². The van der Waals surface area contributed by atoms with E-state index in [1.807, 2.05) is 30.3 Å². The third-order valence-corrected chi connectivity index (χ3v) is 7.16. The van der Waals surface area contributed by atoms with Crippen LogP contribution in [-0.2, 0) is 17.7 Å². The number of carbonyl (C=O) groups is 1. The highest BCUT2D eigenvalue weighted by Gasteiger charge is 2.32. The maximum atomic E-state index is 11.8. The molecular formula is C28H35N3O3. The van der Waals surface area contributed by atoms with E-state index in [2.05, 4.69) is 37.1 Å². The van der Waals surface area contributed by atoms with Crippen molar-refractivity contribution < 1.29 is 14.6 Å². The number of aromatic nitrogens is 2. The highest BCUT2D eigenvalue weighted by atomic mass is 16.5. The van der Waals surface area contributed by atoms with Crippen LogP contribution in [-0.4, -0.2) is 34.7 Å². The number of esters is 1. The Labute approximate surface area is 201 Å². The van der Waals surface area contributed by atoms with Crippen molar-refractivity contribution in [1.29, 1.82) is 0 Å². The Morgan fingerprint density at radius 2 is 2.06 bits per heavy atom. The van der Waals surface area contributed by atoms with E-state index in [1.165, 1.54) is 12.7 Å². The fourth-order valence-corrected chi connectivity index (χ4v) is 5.18. The van der Waals surface area contributed by atoms with E-state index in [9.17, 15) is 9.90 Å². The highest BCUT2D eigenvalue weighted by Crippen LogP contribution is 2.38. The Hall–Kier alpha value is -3.12. The third kappa shape index (κ3) is 5.33. The van der Waals surface area contributed by atoms with Crippen LogP contribution in [0.15, 0.2) is 54.1 Å². The molecule has 0 amide bonds. The summed E-state index contributed by atoms with van der Waals surface area (Å²) in [5.74, 6) is 2.99. The number of ether oxygens (including phenoxy) is 1. The van der Waals surface area contributed by atoms with Crippen molar-refractivity contribution in [3.05, 3.63) is 71.1 Å². The largest absolute Gasteiger partial charge is 0.508 e. The zero-order chi connectivity index (χ0) is 24.2. The van der Waals surface area contributed by atoms with E-state index >= 15 is 0 Å². The minimum absolute atomic E-state index is 0.342. The first-order chi connectivity index (χ1) is 16.4. The number of aromatic hydroxyl groups is 1. The minimum atomic E-state index is -0.342. The van der Waals surface area contributed by atoms with Gasteiger partial charge in [-0.25, -0.2) is 9.78 Å². The lowest BCUT2D eigenvalue weighted by atomic mass is 9.70. The Morgan fingerprint density at radius 3 is 2.79 bits per heavy atom. The smallest absolute Gasteiger partial charge is 0.337 e. The molecule has 1 aliphatic carbocycles. The zero-order valence-electron chi connectivity index (χ0n) is 20.5. The normalized spacial score (nSPS) is 20.5. The molecule has 3 atom stereocenters. The Morgan fingerprint density at radius 1 is 1.26 bits per heavy atom. The summed E-state index contributed by atoms with van der Waals surface area (Å²) in [6.07, 6.45) is 4.41. The van der Waals surface area contributed by atoms with Crippen LogP contribution in [0.25, 0.3) is 11.0 Å². The molecule has 0 radical (unpaired) electrons. The number of fused-ring (bicyclic) bond motifs is 1. The molecule has 3 aromatic rings. The standard InChI is InChI=1S/C28H35N3O3/c1-17(2)23-12-21(14-27-30-24-10-9-19(28(33)34-4)13-25(24)31-27)18(3)11-22(23)16-29-15-20-7-5-6-8-26(20)32/h5-11,13,17,21-23,29,32H,12,14-16H2,1-4H3,(H,30,31)/t21-,22-,23-/m0/s1. The molecule has 0 spiro atoms. The van der Waals surface area contributed by atoms with Gasteiger partial charge in [0.1, 0.15) is 11.6 Å². The second kappa shape index (κ2) is 10.4. The number of aromatic amines is 1. The molecule has 4 rings (SSSR count). The second-order valence-corrected chi connectivity index (χ2v) is 9.79. The number of hydrogen-bond acceptors (Lipinski definition) is 5. The first-order valence-electron chi connectivity index (χ1n) is 12.1. The Balaban J connectivity index is 1.45. The number of nitrogens with one attached hydrogen (secondary N) is 2. The average Bonchev–Trinajstić information content (AvgIpc) is 3.22. The van der Waals surface area contributed by atoms with Crippen LogP contribution in [0, 0.1) is 23.7 Å². The van der Waals surface area contributed by atoms with Gasteiger partial charge in [-0.3, -0.25) is 0 Å². The molecule has 0 fully saturated rings. The van der Waals surface area contributed by atoms with Crippen LogP contribution in [0.4, 0.5) is 0 Å². The van der Waals surface area contributed by atoms with E-state index < -0.39 is 0 Å². The van der Waals surface area contributed by atoms with Gasteiger partial charge in [0.15, 0.2) is 0 Å². The van der Waals surface area contributed by atoms with E-state index in [4.69, 9.17) is 9.72 Å². The number of para-hydroxylation sites is 1. The summed E-state index contributed by atoms with van der Waals surface area (Å²) in [6, 6.07) is 12.9. The SMILES string of the molecule is COC(=O)c1ccc2nc(C[C@@H]3C[C@@H](C(C)C)[C@H](CNCc4ccccc4O)C=C3C)[nH]c2c1. The van der Waals surface area contributed by atoms with Gasteiger partial charge in [0, 0.05) is 25.1 Å². The summed E-state index contributed by atoms with van der Waals surface area (Å²) in [6.45, 7) is 8.40. The third-order valence-electron chi connectivity index (χ3n) is 7.16. The lowest BCUT2D eigenvalue weighted by molar-refractivity contribution is 0.0601. The van der Waals surface area contributed by atoms with Crippen LogP contribution in [0.1, 0.15) is 48.9 Å². The molecule has 0 bridgehead atoms. The maximum absolute atomic E-state index is 11.8. The topological polar surface area (TPSA) is 87.2 Å². The molecule has 0 unspecified atom stereocenters. The highest BCUT2D eigenvalue weighted by molar-refractivity contribution is 5.93. The van der Waals surface area contributed by atoms with Gasteiger partial charge in [0.05, 0.1) is 23.7 Å². The summed E-state index contributed by atoms with van der Waals surface area (Å²) in [7, 11) is 1.39. The molecule has 180 valence electrons. The summed E-state index contributed by atoms with van der Waals surface area (Å²) in [5.41, 5.74) is 4.59. The number of phenolic OH excluding ortho intramolecular Hbond substituents is 1. The minimum Gasteiger partial charge on any atom is -0.508 e. The lowest BCUT2D eigenvalue weighted by Crippen LogP contribution is -2.34. The molecule has 0 aliphatic heterocycles. The number of phenols is 1. The lowest BCUT2D eigenvalue weighted by Gasteiger charge is -2.37. The van der Waals surface area contributed by atoms with Gasteiger partial charge in [0.25, 0.3) is 0 Å². The van der Waals surface area contributed by atoms with Gasteiger partial charge in [-0.2, -0.15) is 0 Å². The monoisotopic (exact) mass is 461 g/mol. The molecular weight excluding hydrogens is 426 g/mol. The fourth-order valence-electron chi connectivity index (χ4n) is 5.18. The second-order valence-electron chi connectivity index (χ2n) is 9.79. The van der Waals surface area contributed by atoms with Crippen molar-refractivity contribution in [2.24, 2.45) is 23.7 Å². The number of hydrogen-bond donors (Lipinski definition) is 3. The Bertz CT molecular complexity index is 1180. The van der Waals surface area contributed by atoms with Gasteiger partial charge in [-0.1, -0.05) is 43.7 Å². The van der Waals surface area contributed by atoms with Crippen molar-refractivity contribution in [3.8, 4) is 5.75 Å². The summed E-state index contributed by atoms with van der Waals surface area (Å²) in [4.78, 5) is 20.0. The average molecular weight is 462 g/mol. The van der Waals surface area contributed by atoms with Gasteiger partial charge >= 0.3 is 5.97 Å². The van der Waals surface area contributed by atoms with Crippen molar-refractivity contribution in [2.75, 3.05) is 13.7 Å². The van der Waals surface area contributed by atoms with Crippen LogP contribution in [0.2, 0.25) is 0 Å². The number of benzene rings is 2. The van der Waals surface area contributed by atoms with Crippen molar-refractivity contribution in [2.45, 2.75) is 40.2 Å². The van der Waals surface area contributed by atoms with Gasteiger partial charge in [0.2, 0.25) is 0 Å². The number of rotatable bonds is 8. The number of H-pyrrole nitrogens is 1. The van der Waals surface area contributed by atoms with E-state index in [0.717, 1.165) is 41.8 Å². The first kappa shape index (κ1) is 24.0. The predicted molar refractivity (Wildman–Crippen MR) is 135 cm³/mol. The van der Waals surface area contributed by atoms with Crippen molar-refractivity contribution in [3.63, 3.8) is 0 Å². The van der Waals surface area contributed by atoms with E-state index in [0.29, 0.717) is 41.5 Å². The first-order valence-corrected chi connectivity index (χ1v) is 12.1. The molecule has 1 aliphatic rings. The molecule has 6 nitrogen and oxygen atoms in total. The van der Waals surface area contributed by atoms with Gasteiger partial charge in [-0.15, -0.1) is 0 Å². The van der Waals surface area contributed by atoms with E-state index in [1.54, 1.807) is 12.1 Å². The van der Waals surface area contributed by atoms with Crippen LogP contribution in [0.3, 0.4) is 0 Å². The number of imidazole rings is 1. The molecule has 0 saturated carbocycles. The molecule has 34 heavy (non-hydrogen) atoms. The van der Waals surface area contributed by atoms with Crippen LogP contribution >= 0.6 is 0 Å². The molecule has 6 heteroatoms. The van der Waals surface area contributed by atoms with Gasteiger partial charge < -0.3 is 20.1 Å². The number of allylic oxidation sites excluding steroid dienone is 1. The number of nitrogens with zero attached hydrogens (tertiary/aromatic N) is 1. The zero-order valence-corrected chi connectivity index (χ0v) is 20.5. The molecule has 2 aromatic carbocycles. The number of carbonyl (C=O) groups excluding carboxylic acids is 1. The Kier molecular flexibility index (Phi) is 7.37. The van der Waals surface area contributed by atoms with Crippen LogP contribution < -0.4 is 5.32 Å². The van der Waals surface area contributed by atoms with E-state index in [-0.39, 0.29) is 5.97 Å². The van der Waals surface area contributed by atoms with Crippen molar-refractivity contribution in [1.82, 2.24) is 15.3 Å². The number of methoxy groups -OCH3 is 1. The summed E-state index contributed by atoms with van der Waals surface area (Å²) in [5, 5.41) is 13.6. The predicted octanol–water partition coefficient (Wildman–Crippen LogP) is 5.24. The molecule has 1 aromatic heterocycles.